The molecule has 0 aromatic heterocycles. The van der Waals surface area contributed by atoms with Crippen molar-refractivity contribution in [3.8, 4) is 17.2 Å². The minimum atomic E-state index is -0.191. The predicted octanol–water partition coefficient (Wildman–Crippen LogP) is 5.26. The van der Waals surface area contributed by atoms with Crippen LogP contribution in [0.2, 0.25) is 5.02 Å². The van der Waals surface area contributed by atoms with Crippen molar-refractivity contribution in [1.82, 2.24) is 5.32 Å². The maximum atomic E-state index is 12.6. The molecule has 1 N–H and O–H groups in total. The number of amides is 1. The van der Waals surface area contributed by atoms with Crippen LogP contribution in [0.25, 0.3) is 0 Å². The van der Waals surface area contributed by atoms with Crippen LogP contribution in [-0.4, -0.2) is 19.6 Å². The van der Waals surface area contributed by atoms with Crippen molar-refractivity contribution < 1.29 is 19.0 Å². The first-order chi connectivity index (χ1) is 14.6. The minimum Gasteiger partial charge on any atom is -0.497 e. The van der Waals surface area contributed by atoms with E-state index in [0.717, 1.165) is 16.9 Å². The number of halogens is 1. The lowest BCUT2D eigenvalue weighted by atomic mass is 10.1. The zero-order valence-electron chi connectivity index (χ0n) is 17.0. The average Bonchev–Trinajstić information content (AvgIpc) is 2.78. The van der Waals surface area contributed by atoms with Crippen molar-refractivity contribution in [2.45, 2.75) is 20.1 Å². The second-order valence-electron chi connectivity index (χ2n) is 6.49. The van der Waals surface area contributed by atoms with Crippen LogP contribution in [0.3, 0.4) is 0 Å². The summed E-state index contributed by atoms with van der Waals surface area (Å²) in [5.74, 6) is 1.96. The van der Waals surface area contributed by atoms with Crippen LogP contribution in [0.5, 0.6) is 17.2 Å². The number of methoxy groups -OCH3 is 1. The first kappa shape index (κ1) is 21.5. The Morgan fingerprint density at radius 1 is 0.933 bits per heavy atom. The molecule has 1 amide bonds. The number of carbonyl (C=O) groups is 1. The Morgan fingerprint density at radius 2 is 1.67 bits per heavy atom. The molecule has 3 aromatic rings. The smallest absolute Gasteiger partial charge is 0.251 e. The fourth-order valence-corrected chi connectivity index (χ4v) is 3.08. The lowest BCUT2D eigenvalue weighted by molar-refractivity contribution is 0.0950. The number of rotatable bonds is 9. The third-order valence-electron chi connectivity index (χ3n) is 4.47. The molecule has 0 unspecified atom stereocenters. The lowest BCUT2D eigenvalue weighted by Crippen LogP contribution is -2.23. The molecule has 0 fully saturated rings. The zero-order chi connectivity index (χ0) is 21.3. The molecule has 0 saturated carbocycles. The Bertz CT molecular complexity index is 989. The van der Waals surface area contributed by atoms with E-state index < -0.39 is 0 Å². The molecule has 0 heterocycles. The molecule has 0 spiro atoms. The van der Waals surface area contributed by atoms with E-state index in [1.807, 2.05) is 49.4 Å². The van der Waals surface area contributed by atoms with Crippen LogP contribution in [0.15, 0.2) is 66.7 Å². The first-order valence-electron chi connectivity index (χ1n) is 9.65. The Kier molecular flexibility index (Phi) is 7.57. The molecule has 156 valence electrons. The van der Waals surface area contributed by atoms with Gasteiger partial charge in [-0.1, -0.05) is 29.8 Å². The molecule has 5 nitrogen and oxygen atoms in total. The molecule has 0 saturated heterocycles. The molecule has 6 heteroatoms. The highest BCUT2D eigenvalue weighted by Crippen LogP contribution is 2.24. The van der Waals surface area contributed by atoms with Crippen LogP contribution in [0.4, 0.5) is 0 Å². The molecule has 3 aromatic carbocycles. The molecule has 0 aliphatic heterocycles. The fraction of sp³-hybridized carbons (Fsp3) is 0.208. The summed E-state index contributed by atoms with van der Waals surface area (Å²) in [5, 5.41) is 3.53. The van der Waals surface area contributed by atoms with Crippen molar-refractivity contribution in [2.75, 3.05) is 13.7 Å². The van der Waals surface area contributed by atoms with Gasteiger partial charge in [0.15, 0.2) is 0 Å². The van der Waals surface area contributed by atoms with Gasteiger partial charge in [0.25, 0.3) is 5.91 Å². The molecule has 0 radical (unpaired) electrons. The second kappa shape index (κ2) is 10.6. The lowest BCUT2D eigenvalue weighted by Gasteiger charge is -2.14. The van der Waals surface area contributed by atoms with Gasteiger partial charge in [0.05, 0.1) is 13.7 Å². The molecule has 0 aliphatic rings. The van der Waals surface area contributed by atoms with E-state index in [9.17, 15) is 4.79 Å². The van der Waals surface area contributed by atoms with Crippen LogP contribution in [0, 0.1) is 0 Å². The van der Waals surface area contributed by atoms with Crippen molar-refractivity contribution in [3.63, 3.8) is 0 Å². The van der Waals surface area contributed by atoms with Gasteiger partial charge in [-0.3, -0.25) is 4.79 Å². The monoisotopic (exact) mass is 425 g/mol. The van der Waals surface area contributed by atoms with Gasteiger partial charge < -0.3 is 19.5 Å². The van der Waals surface area contributed by atoms with Crippen molar-refractivity contribution >= 4 is 17.5 Å². The van der Waals surface area contributed by atoms with Gasteiger partial charge in [0.2, 0.25) is 0 Å². The number of nitrogens with one attached hydrogen (secondary N) is 1. The molecular formula is C24H24ClNO4. The summed E-state index contributed by atoms with van der Waals surface area (Å²) in [6, 6.07) is 20.1. The minimum absolute atomic E-state index is 0.191. The highest BCUT2D eigenvalue weighted by atomic mass is 35.5. The number of ether oxygens (including phenoxy) is 3. The van der Waals surface area contributed by atoms with Gasteiger partial charge in [-0.15, -0.1) is 0 Å². The van der Waals surface area contributed by atoms with E-state index in [-0.39, 0.29) is 12.5 Å². The highest BCUT2D eigenvalue weighted by Gasteiger charge is 2.12. The Morgan fingerprint density at radius 3 is 2.37 bits per heavy atom. The third kappa shape index (κ3) is 5.67. The van der Waals surface area contributed by atoms with E-state index in [4.69, 9.17) is 25.8 Å². The van der Waals surface area contributed by atoms with Gasteiger partial charge in [-0.25, -0.2) is 0 Å². The topological polar surface area (TPSA) is 56.8 Å². The normalized spacial score (nSPS) is 10.4. The molecule has 3 rings (SSSR count). The molecule has 0 bridgehead atoms. The van der Waals surface area contributed by atoms with E-state index >= 15 is 0 Å². The SMILES string of the molecule is CCOc1ccc(C(=O)NCc2ccccc2Cl)cc1COc1ccc(OC)cc1. The molecular weight excluding hydrogens is 402 g/mol. The molecule has 0 atom stereocenters. The number of hydrogen-bond donors (Lipinski definition) is 1. The van der Waals surface area contributed by atoms with Crippen LogP contribution in [-0.2, 0) is 13.2 Å². The molecule has 30 heavy (non-hydrogen) atoms. The van der Waals surface area contributed by atoms with Crippen molar-refractivity contribution in [3.05, 3.63) is 88.4 Å². The van der Waals surface area contributed by atoms with Crippen LogP contribution in [0.1, 0.15) is 28.4 Å². The summed E-state index contributed by atoms with van der Waals surface area (Å²) >= 11 is 6.16. The van der Waals surface area contributed by atoms with Gasteiger partial charge >= 0.3 is 0 Å². The zero-order valence-corrected chi connectivity index (χ0v) is 17.7. The number of carbonyl (C=O) groups excluding carboxylic acids is 1. The standard InChI is InChI=1S/C24H24ClNO4/c1-3-29-23-13-8-17(24(27)26-15-18-6-4-5-7-22(18)25)14-19(23)16-30-21-11-9-20(28-2)10-12-21/h4-14H,3,15-16H2,1-2H3,(H,26,27). The number of hydrogen-bond acceptors (Lipinski definition) is 4. The van der Waals surface area contributed by atoms with E-state index in [2.05, 4.69) is 5.32 Å². The van der Waals surface area contributed by atoms with Crippen molar-refractivity contribution in [2.24, 2.45) is 0 Å². The van der Waals surface area contributed by atoms with E-state index in [0.29, 0.717) is 35.2 Å². The maximum absolute atomic E-state index is 12.6. The average molecular weight is 426 g/mol. The summed E-state index contributed by atoms with van der Waals surface area (Å²) in [5.41, 5.74) is 2.18. The van der Waals surface area contributed by atoms with Crippen molar-refractivity contribution in [1.29, 1.82) is 0 Å². The van der Waals surface area contributed by atoms with Crippen LogP contribution < -0.4 is 19.5 Å². The fourth-order valence-electron chi connectivity index (χ4n) is 2.88. The van der Waals surface area contributed by atoms with Gasteiger partial charge in [0.1, 0.15) is 23.9 Å². The summed E-state index contributed by atoms with van der Waals surface area (Å²) in [7, 11) is 1.62. The largest absolute Gasteiger partial charge is 0.497 e. The summed E-state index contributed by atoms with van der Waals surface area (Å²) in [4.78, 5) is 12.6. The summed E-state index contributed by atoms with van der Waals surface area (Å²) in [6.07, 6.45) is 0. The van der Waals surface area contributed by atoms with Gasteiger partial charge in [-0.2, -0.15) is 0 Å². The van der Waals surface area contributed by atoms with Gasteiger partial charge in [-0.05, 0) is 61.0 Å². The second-order valence-corrected chi connectivity index (χ2v) is 6.90. The maximum Gasteiger partial charge on any atom is 0.251 e. The van der Waals surface area contributed by atoms with Crippen LogP contribution >= 0.6 is 11.6 Å². The number of benzene rings is 3. The first-order valence-corrected chi connectivity index (χ1v) is 10.0. The summed E-state index contributed by atoms with van der Waals surface area (Å²) < 4.78 is 16.7. The van der Waals surface area contributed by atoms with E-state index in [1.54, 1.807) is 31.4 Å². The van der Waals surface area contributed by atoms with E-state index in [1.165, 1.54) is 0 Å². The Hall–Kier alpha value is -3.18. The predicted molar refractivity (Wildman–Crippen MR) is 118 cm³/mol. The summed E-state index contributed by atoms with van der Waals surface area (Å²) in [6.45, 7) is 3.06. The third-order valence-corrected chi connectivity index (χ3v) is 4.84. The quantitative estimate of drug-likeness (QED) is 0.508. The highest BCUT2D eigenvalue weighted by molar-refractivity contribution is 6.31. The Balaban J connectivity index is 1.70. The Labute approximate surface area is 181 Å². The molecule has 0 aliphatic carbocycles. The van der Waals surface area contributed by atoms with Gasteiger partial charge in [0, 0.05) is 22.7 Å².